The van der Waals surface area contributed by atoms with Crippen molar-refractivity contribution in [3.05, 3.63) is 0 Å². The summed E-state index contributed by atoms with van der Waals surface area (Å²) in [6, 6.07) is 0.490. The van der Waals surface area contributed by atoms with Gasteiger partial charge in [0, 0.05) is 12.6 Å². The van der Waals surface area contributed by atoms with Gasteiger partial charge in [-0.2, -0.15) is 0 Å². The molecule has 3 rings (SSSR count). The van der Waals surface area contributed by atoms with Crippen molar-refractivity contribution in [2.75, 3.05) is 20.1 Å². The van der Waals surface area contributed by atoms with E-state index in [1.54, 1.807) is 0 Å². The average molecular weight is 279 g/mol. The second kappa shape index (κ2) is 6.02. The first-order valence-electron chi connectivity index (χ1n) is 8.47. The standard InChI is InChI=1S/C16H29N3O/c1-3-14-16(20)19(13-9-6-10-18(2)11-13)15(17-14)12-7-4-5-8-12/h12-15,17H,3-11H2,1-2H3. The van der Waals surface area contributed by atoms with Crippen molar-refractivity contribution in [3.63, 3.8) is 0 Å². The summed E-state index contributed by atoms with van der Waals surface area (Å²) in [4.78, 5) is 17.4. The van der Waals surface area contributed by atoms with Gasteiger partial charge in [-0.3, -0.25) is 10.1 Å². The van der Waals surface area contributed by atoms with Crippen LogP contribution >= 0.6 is 0 Å². The number of likely N-dealkylation sites (tertiary alicyclic amines) is 1. The largest absolute Gasteiger partial charge is 0.321 e. The summed E-state index contributed by atoms with van der Waals surface area (Å²) in [5.41, 5.74) is 0. The lowest BCUT2D eigenvalue weighted by Gasteiger charge is -2.40. The molecule has 0 aromatic heterocycles. The fourth-order valence-electron chi connectivity index (χ4n) is 4.38. The molecule has 0 aromatic rings. The first-order chi connectivity index (χ1) is 9.70. The van der Waals surface area contributed by atoms with E-state index in [0.29, 0.717) is 24.0 Å². The number of carbonyl (C=O) groups excluding carboxylic acids is 1. The lowest BCUT2D eigenvalue weighted by atomic mass is 9.99. The van der Waals surface area contributed by atoms with E-state index in [4.69, 9.17) is 0 Å². The fraction of sp³-hybridized carbons (Fsp3) is 0.938. The maximum Gasteiger partial charge on any atom is 0.241 e. The lowest BCUT2D eigenvalue weighted by molar-refractivity contribution is -0.134. The van der Waals surface area contributed by atoms with Gasteiger partial charge in [-0.15, -0.1) is 0 Å². The Hall–Kier alpha value is -0.610. The smallest absolute Gasteiger partial charge is 0.241 e. The van der Waals surface area contributed by atoms with Crippen LogP contribution in [0.3, 0.4) is 0 Å². The summed E-state index contributed by atoms with van der Waals surface area (Å²) in [7, 11) is 2.18. The van der Waals surface area contributed by atoms with Crippen molar-refractivity contribution in [1.82, 2.24) is 15.1 Å². The Morgan fingerprint density at radius 1 is 1.20 bits per heavy atom. The fourth-order valence-corrected chi connectivity index (χ4v) is 4.38. The van der Waals surface area contributed by atoms with Gasteiger partial charge in [-0.25, -0.2) is 0 Å². The number of likely N-dealkylation sites (N-methyl/N-ethyl adjacent to an activating group) is 1. The van der Waals surface area contributed by atoms with Gasteiger partial charge < -0.3 is 9.80 Å². The van der Waals surface area contributed by atoms with E-state index in [0.717, 1.165) is 13.0 Å². The van der Waals surface area contributed by atoms with Crippen molar-refractivity contribution in [1.29, 1.82) is 0 Å². The van der Waals surface area contributed by atoms with Gasteiger partial charge in [0.05, 0.1) is 12.2 Å². The van der Waals surface area contributed by atoms with Gasteiger partial charge in [0.25, 0.3) is 0 Å². The summed E-state index contributed by atoms with van der Waals surface area (Å²) >= 11 is 0. The van der Waals surface area contributed by atoms with Gasteiger partial charge >= 0.3 is 0 Å². The first-order valence-corrected chi connectivity index (χ1v) is 8.47. The number of hydrogen-bond acceptors (Lipinski definition) is 3. The van der Waals surface area contributed by atoms with E-state index in [1.807, 2.05) is 0 Å². The average Bonchev–Trinajstić information content (AvgIpc) is 3.05. The van der Waals surface area contributed by atoms with Crippen LogP contribution in [-0.4, -0.2) is 54.1 Å². The highest BCUT2D eigenvalue weighted by atomic mass is 16.2. The van der Waals surface area contributed by atoms with Crippen molar-refractivity contribution < 1.29 is 4.79 Å². The highest BCUT2D eigenvalue weighted by molar-refractivity contribution is 5.84. The maximum atomic E-state index is 12.8. The number of rotatable bonds is 3. The van der Waals surface area contributed by atoms with Gasteiger partial charge in [0.1, 0.15) is 0 Å². The molecule has 3 atom stereocenters. The molecule has 0 bridgehead atoms. The molecule has 4 nitrogen and oxygen atoms in total. The van der Waals surface area contributed by atoms with E-state index in [1.165, 1.54) is 45.1 Å². The molecule has 3 fully saturated rings. The molecule has 1 N–H and O–H groups in total. The molecule has 3 unspecified atom stereocenters. The van der Waals surface area contributed by atoms with Crippen LogP contribution in [0.2, 0.25) is 0 Å². The number of amides is 1. The summed E-state index contributed by atoms with van der Waals surface area (Å²) in [5, 5.41) is 3.65. The molecule has 2 saturated heterocycles. The maximum absolute atomic E-state index is 12.8. The predicted molar refractivity (Wildman–Crippen MR) is 80.3 cm³/mol. The highest BCUT2D eigenvalue weighted by Gasteiger charge is 2.45. The molecule has 0 radical (unpaired) electrons. The van der Waals surface area contributed by atoms with Crippen molar-refractivity contribution in [2.45, 2.75) is 70.1 Å². The zero-order valence-electron chi connectivity index (χ0n) is 13.0. The summed E-state index contributed by atoms with van der Waals surface area (Å²) in [6.07, 6.45) is 8.89. The number of nitrogens with one attached hydrogen (secondary N) is 1. The minimum Gasteiger partial charge on any atom is -0.321 e. The predicted octanol–water partition coefficient (Wildman–Crippen LogP) is 1.81. The second-order valence-electron chi connectivity index (χ2n) is 6.92. The Labute approximate surface area is 122 Å². The minimum absolute atomic E-state index is 0.0628. The van der Waals surface area contributed by atoms with E-state index in [9.17, 15) is 4.79 Å². The highest BCUT2D eigenvalue weighted by Crippen LogP contribution is 2.34. The molecule has 114 valence electrons. The molecular formula is C16H29N3O. The molecule has 3 aliphatic rings. The zero-order valence-corrected chi connectivity index (χ0v) is 13.0. The summed E-state index contributed by atoms with van der Waals surface area (Å²) in [5.74, 6) is 1.05. The van der Waals surface area contributed by atoms with E-state index >= 15 is 0 Å². The Morgan fingerprint density at radius 2 is 1.95 bits per heavy atom. The van der Waals surface area contributed by atoms with Crippen LogP contribution < -0.4 is 5.32 Å². The first kappa shape index (κ1) is 14.3. The van der Waals surface area contributed by atoms with Gasteiger partial charge in [0.2, 0.25) is 5.91 Å². The van der Waals surface area contributed by atoms with E-state index in [-0.39, 0.29) is 6.04 Å². The molecule has 1 aliphatic carbocycles. The minimum atomic E-state index is 0.0628. The topological polar surface area (TPSA) is 35.6 Å². The number of piperidine rings is 1. The number of hydrogen-bond donors (Lipinski definition) is 1. The number of nitrogens with zero attached hydrogens (tertiary/aromatic N) is 2. The monoisotopic (exact) mass is 279 g/mol. The quantitative estimate of drug-likeness (QED) is 0.856. The van der Waals surface area contributed by atoms with Crippen molar-refractivity contribution in [2.24, 2.45) is 5.92 Å². The molecule has 20 heavy (non-hydrogen) atoms. The molecule has 0 spiro atoms. The molecule has 0 aromatic carbocycles. The SMILES string of the molecule is CCC1NC(C2CCCC2)N(C2CCCN(C)C2)C1=O. The molecule has 2 aliphatic heterocycles. The van der Waals surface area contributed by atoms with Gasteiger partial charge in [0.15, 0.2) is 0 Å². The normalized spacial score (nSPS) is 37.0. The Kier molecular flexibility index (Phi) is 4.32. The Bertz CT molecular complexity index is 354. The molecule has 1 saturated carbocycles. The van der Waals surface area contributed by atoms with Crippen LogP contribution in [-0.2, 0) is 4.79 Å². The van der Waals surface area contributed by atoms with E-state index in [2.05, 4.69) is 29.1 Å². The van der Waals surface area contributed by atoms with Crippen LogP contribution in [0, 0.1) is 5.92 Å². The molecule has 4 heteroatoms. The van der Waals surface area contributed by atoms with E-state index < -0.39 is 0 Å². The van der Waals surface area contributed by atoms with Crippen molar-refractivity contribution >= 4 is 5.91 Å². The lowest BCUT2D eigenvalue weighted by Crippen LogP contribution is -2.53. The number of carbonyl (C=O) groups is 1. The third kappa shape index (κ3) is 2.60. The van der Waals surface area contributed by atoms with Crippen LogP contribution in [0.15, 0.2) is 0 Å². The molecular weight excluding hydrogens is 250 g/mol. The van der Waals surface area contributed by atoms with Crippen LogP contribution in [0.4, 0.5) is 0 Å². The third-order valence-corrected chi connectivity index (χ3v) is 5.47. The Balaban J connectivity index is 1.77. The van der Waals surface area contributed by atoms with Crippen LogP contribution in [0.1, 0.15) is 51.9 Å². The summed E-state index contributed by atoms with van der Waals surface area (Å²) in [6.45, 7) is 4.35. The Morgan fingerprint density at radius 3 is 2.60 bits per heavy atom. The summed E-state index contributed by atoms with van der Waals surface area (Å²) < 4.78 is 0. The zero-order chi connectivity index (χ0) is 14.1. The third-order valence-electron chi connectivity index (χ3n) is 5.47. The van der Waals surface area contributed by atoms with Gasteiger partial charge in [-0.1, -0.05) is 19.8 Å². The second-order valence-corrected chi connectivity index (χ2v) is 6.92. The molecule has 1 amide bonds. The van der Waals surface area contributed by atoms with Crippen molar-refractivity contribution in [3.8, 4) is 0 Å². The van der Waals surface area contributed by atoms with Crippen LogP contribution in [0.5, 0.6) is 0 Å². The molecule has 2 heterocycles. The van der Waals surface area contributed by atoms with Crippen LogP contribution in [0.25, 0.3) is 0 Å². The van der Waals surface area contributed by atoms with Gasteiger partial charge in [-0.05, 0) is 51.6 Å².